The number of hydrogen-bond acceptors (Lipinski definition) is 5. The van der Waals surface area contributed by atoms with Gasteiger partial charge in [-0.25, -0.2) is 0 Å². The van der Waals surface area contributed by atoms with Crippen molar-refractivity contribution in [3.05, 3.63) is 29.3 Å². The van der Waals surface area contributed by atoms with E-state index in [0.717, 1.165) is 51.6 Å². The Morgan fingerprint density at radius 2 is 2.03 bits per heavy atom. The Kier molecular flexibility index (Phi) is 6.47. The minimum Gasteiger partial charge on any atom is -0.379 e. The molecule has 3 aliphatic heterocycles. The maximum Gasteiger partial charge on any atom is 0.416 e. The second-order valence-electron chi connectivity index (χ2n) is 11.9. The molecule has 1 amide bonds. The minimum absolute atomic E-state index is 0.0424. The van der Waals surface area contributed by atoms with Crippen LogP contribution in [0.15, 0.2) is 18.2 Å². The summed E-state index contributed by atoms with van der Waals surface area (Å²) in [7, 11) is 1.73. The SMILES string of the molecule is CO[C@@H]1COCC[C@@H]1N[C@@H]1C[C@H]2CCC[C@@]2(C(=O)N2C[C@@H]3C[C@H]2CN3c2ccc(C)c(C(F)(F)F)c2)C1. The Bertz CT molecular complexity index is 1040. The van der Waals surface area contributed by atoms with Crippen molar-refractivity contribution in [1.82, 2.24) is 10.2 Å². The van der Waals surface area contributed by atoms with E-state index in [9.17, 15) is 18.0 Å². The van der Waals surface area contributed by atoms with E-state index in [1.165, 1.54) is 13.0 Å². The maximum atomic E-state index is 14.2. The summed E-state index contributed by atoms with van der Waals surface area (Å²) in [5.41, 5.74) is -0.0128. The number of fused-ring (bicyclic) bond motifs is 3. The molecule has 2 bridgehead atoms. The Balaban J connectivity index is 1.14. The van der Waals surface area contributed by atoms with E-state index in [2.05, 4.69) is 15.1 Å². The van der Waals surface area contributed by atoms with Gasteiger partial charge in [0, 0.05) is 50.6 Å². The highest BCUT2D eigenvalue weighted by atomic mass is 19.4. The average molecular weight is 522 g/mol. The number of benzene rings is 1. The van der Waals surface area contributed by atoms with Gasteiger partial charge in [0.05, 0.1) is 29.7 Å². The molecule has 37 heavy (non-hydrogen) atoms. The van der Waals surface area contributed by atoms with Crippen LogP contribution in [0.25, 0.3) is 0 Å². The topological polar surface area (TPSA) is 54.0 Å². The number of methoxy groups -OCH3 is 1. The first-order chi connectivity index (χ1) is 17.7. The molecule has 0 aromatic heterocycles. The molecule has 7 atom stereocenters. The van der Waals surface area contributed by atoms with Crippen molar-refractivity contribution in [3.63, 3.8) is 0 Å². The standard InChI is InChI=1S/C28H38F3N3O3/c1-17-5-6-20(12-23(17)28(29,30)31)33-14-22-11-21(33)15-34(22)26(35)27-8-3-4-18(27)10-19(13-27)32-24-7-9-37-16-25(24)36-2/h5-6,12,18-19,21-22,24-25,32H,3-4,7-11,13-16H2,1-2H3/t18-,19-,21+,22+,24+,25-,27-/m1/s1. The number of piperazine rings is 1. The van der Waals surface area contributed by atoms with E-state index in [4.69, 9.17) is 9.47 Å². The van der Waals surface area contributed by atoms with E-state index in [0.29, 0.717) is 43.3 Å². The highest BCUT2D eigenvalue weighted by Crippen LogP contribution is 2.56. The van der Waals surface area contributed by atoms with Crippen LogP contribution in [0.5, 0.6) is 0 Å². The lowest BCUT2D eigenvalue weighted by Crippen LogP contribution is -2.54. The molecule has 6 rings (SSSR count). The molecular weight excluding hydrogens is 483 g/mol. The lowest BCUT2D eigenvalue weighted by atomic mass is 9.78. The number of carbonyl (C=O) groups is 1. The summed E-state index contributed by atoms with van der Waals surface area (Å²) in [4.78, 5) is 18.3. The zero-order valence-corrected chi connectivity index (χ0v) is 21.7. The maximum absolute atomic E-state index is 14.2. The fourth-order valence-electron chi connectivity index (χ4n) is 8.17. The molecule has 0 spiro atoms. The number of ether oxygens (including phenoxy) is 2. The second kappa shape index (κ2) is 9.42. The van der Waals surface area contributed by atoms with Gasteiger partial charge in [-0.1, -0.05) is 12.5 Å². The molecule has 1 aromatic rings. The van der Waals surface area contributed by atoms with Gasteiger partial charge in [-0.15, -0.1) is 0 Å². The molecule has 5 fully saturated rings. The number of carbonyl (C=O) groups excluding carboxylic acids is 1. The Morgan fingerprint density at radius 1 is 1.19 bits per heavy atom. The third kappa shape index (κ3) is 4.35. The lowest BCUT2D eigenvalue weighted by molar-refractivity contribution is -0.144. The predicted molar refractivity (Wildman–Crippen MR) is 133 cm³/mol. The molecule has 3 heterocycles. The van der Waals surface area contributed by atoms with Gasteiger partial charge in [-0.05, 0) is 69.1 Å². The highest BCUT2D eigenvalue weighted by Gasteiger charge is 2.59. The number of alkyl halides is 3. The first-order valence-corrected chi connectivity index (χ1v) is 13.8. The van der Waals surface area contributed by atoms with Crippen LogP contribution in [-0.4, -0.2) is 74.5 Å². The summed E-state index contributed by atoms with van der Waals surface area (Å²) in [6.45, 7) is 4.05. The number of halogens is 3. The molecule has 204 valence electrons. The van der Waals surface area contributed by atoms with Crippen molar-refractivity contribution in [3.8, 4) is 0 Å². The first-order valence-electron chi connectivity index (χ1n) is 13.8. The van der Waals surface area contributed by atoms with Crippen LogP contribution < -0.4 is 10.2 Å². The third-order valence-corrected chi connectivity index (χ3v) is 9.98. The number of nitrogens with zero attached hydrogens (tertiary/aromatic N) is 2. The van der Waals surface area contributed by atoms with Gasteiger partial charge in [-0.2, -0.15) is 13.2 Å². The molecule has 6 nitrogen and oxygen atoms in total. The zero-order chi connectivity index (χ0) is 25.9. The van der Waals surface area contributed by atoms with Crippen molar-refractivity contribution in [1.29, 1.82) is 0 Å². The number of amides is 1. The van der Waals surface area contributed by atoms with E-state index in [-0.39, 0.29) is 35.2 Å². The number of aryl methyl sites for hydroxylation is 1. The summed E-state index contributed by atoms with van der Waals surface area (Å²) < 4.78 is 51.7. The fraction of sp³-hybridized carbons (Fsp3) is 0.750. The van der Waals surface area contributed by atoms with Crippen LogP contribution >= 0.6 is 0 Å². The van der Waals surface area contributed by atoms with Gasteiger partial charge >= 0.3 is 6.18 Å². The lowest BCUT2D eigenvalue weighted by Gasteiger charge is -2.41. The second-order valence-corrected chi connectivity index (χ2v) is 11.9. The van der Waals surface area contributed by atoms with Crippen molar-refractivity contribution in [2.75, 3.05) is 38.3 Å². The smallest absolute Gasteiger partial charge is 0.379 e. The molecule has 9 heteroatoms. The van der Waals surface area contributed by atoms with Crippen LogP contribution in [0.1, 0.15) is 56.1 Å². The summed E-state index contributed by atoms with van der Waals surface area (Å²) in [6, 6.07) is 5.35. The van der Waals surface area contributed by atoms with Crippen molar-refractivity contribution in [2.24, 2.45) is 11.3 Å². The fourth-order valence-corrected chi connectivity index (χ4v) is 8.17. The normalized spacial score (nSPS) is 37.4. The van der Waals surface area contributed by atoms with Gasteiger partial charge in [0.1, 0.15) is 0 Å². The molecule has 2 aliphatic carbocycles. The quantitative estimate of drug-likeness (QED) is 0.631. The van der Waals surface area contributed by atoms with Crippen molar-refractivity contribution >= 4 is 11.6 Å². The van der Waals surface area contributed by atoms with Gasteiger partial charge in [-0.3, -0.25) is 4.79 Å². The number of anilines is 1. The largest absolute Gasteiger partial charge is 0.416 e. The number of likely N-dealkylation sites (tertiary alicyclic amines) is 1. The van der Waals surface area contributed by atoms with Crippen LogP contribution in [0.4, 0.5) is 18.9 Å². The van der Waals surface area contributed by atoms with Crippen LogP contribution in [-0.2, 0) is 20.4 Å². The van der Waals surface area contributed by atoms with Crippen LogP contribution in [0.3, 0.4) is 0 Å². The summed E-state index contributed by atoms with van der Waals surface area (Å²) in [5, 5.41) is 3.83. The van der Waals surface area contributed by atoms with Crippen molar-refractivity contribution < 1.29 is 27.4 Å². The number of nitrogens with one attached hydrogen (secondary N) is 1. The minimum atomic E-state index is -4.36. The monoisotopic (exact) mass is 521 g/mol. The van der Waals surface area contributed by atoms with Crippen LogP contribution in [0, 0.1) is 18.3 Å². The molecule has 2 saturated carbocycles. The molecule has 0 radical (unpaired) electrons. The van der Waals surface area contributed by atoms with E-state index < -0.39 is 11.7 Å². The first kappa shape index (κ1) is 25.4. The Labute approximate surface area is 216 Å². The molecule has 1 N–H and O–H groups in total. The number of rotatable bonds is 5. The predicted octanol–water partition coefficient (Wildman–Crippen LogP) is 4.15. The van der Waals surface area contributed by atoms with Crippen molar-refractivity contribution in [2.45, 2.75) is 88.3 Å². The van der Waals surface area contributed by atoms with E-state index in [1.54, 1.807) is 19.2 Å². The van der Waals surface area contributed by atoms with Gasteiger partial charge in [0.15, 0.2) is 0 Å². The summed E-state index contributed by atoms with van der Waals surface area (Å²) in [6.07, 6.45) is 2.47. The average Bonchev–Trinajstić information content (AvgIpc) is 3.63. The zero-order valence-electron chi connectivity index (χ0n) is 21.7. The van der Waals surface area contributed by atoms with Crippen LogP contribution in [0.2, 0.25) is 0 Å². The summed E-state index contributed by atoms with van der Waals surface area (Å²) >= 11 is 0. The molecule has 1 aromatic carbocycles. The van der Waals surface area contributed by atoms with Gasteiger partial charge in [0.2, 0.25) is 5.91 Å². The van der Waals surface area contributed by atoms with E-state index in [1.807, 2.05) is 0 Å². The Hall–Kier alpha value is -1.84. The highest BCUT2D eigenvalue weighted by molar-refractivity contribution is 5.85. The van der Waals surface area contributed by atoms with Gasteiger partial charge < -0.3 is 24.6 Å². The molecule has 0 unspecified atom stereocenters. The van der Waals surface area contributed by atoms with Gasteiger partial charge in [0.25, 0.3) is 0 Å². The molecule has 3 saturated heterocycles. The number of hydrogen-bond donors (Lipinski definition) is 1. The third-order valence-electron chi connectivity index (χ3n) is 9.98. The Morgan fingerprint density at radius 3 is 2.76 bits per heavy atom. The molecule has 5 aliphatic rings. The summed E-state index contributed by atoms with van der Waals surface area (Å²) in [5.74, 6) is 0.696. The molecular formula is C28H38F3N3O3. The van der Waals surface area contributed by atoms with E-state index >= 15 is 0 Å².